The second-order valence-electron chi connectivity index (χ2n) is 5.53. The maximum Gasteiger partial charge on any atom is 0.346 e. The first kappa shape index (κ1) is 15.1. The molecule has 0 unspecified atom stereocenters. The molecule has 2 aromatic rings. The highest BCUT2D eigenvalue weighted by Gasteiger charge is 2.31. The van der Waals surface area contributed by atoms with E-state index >= 15 is 0 Å². The number of carbonyl (C=O) groups is 2. The molecule has 1 aromatic heterocycles. The van der Waals surface area contributed by atoms with Crippen LogP contribution in [0.5, 0.6) is 0 Å². The van der Waals surface area contributed by atoms with Gasteiger partial charge in [-0.05, 0) is 31.9 Å². The Hall–Kier alpha value is -2.83. The van der Waals surface area contributed by atoms with Crippen molar-refractivity contribution in [3.8, 4) is 0 Å². The van der Waals surface area contributed by atoms with Crippen LogP contribution in [0.3, 0.4) is 0 Å². The number of ether oxygens (including phenoxy) is 1. The molecule has 2 heterocycles. The molecule has 0 fully saturated rings. The Bertz CT molecular complexity index is 749. The molecule has 1 atom stereocenters. The van der Waals surface area contributed by atoms with Crippen molar-refractivity contribution in [3.05, 3.63) is 41.1 Å². The number of esters is 1. The number of amides is 1. The van der Waals surface area contributed by atoms with E-state index in [0.717, 1.165) is 17.7 Å². The Morgan fingerprint density at radius 1 is 1.43 bits per heavy atom. The number of nitrogen functional groups attached to an aromatic ring is 1. The fraction of sp³-hybridized carbons (Fsp3) is 0.312. The molecule has 23 heavy (non-hydrogen) atoms. The standard InChI is InChI=1S/C16H17N3O4/c1-9-7-11-5-3-4-6-12(11)19(9)13(20)8-22-16(21)14-10(2)18-23-15(14)17/h3-6,9H,7-8,17H2,1-2H3/t9-/m0/s1. The van der Waals surface area contributed by atoms with Crippen LogP contribution in [0.4, 0.5) is 11.6 Å². The Balaban J connectivity index is 1.70. The number of hydrogen-bond acceptors (Lipinski definition) is 6. The number of fused-ring (bicyclic) bond motifs is 1. The molecule has 1 aromatic carbocycles. The maximum atomic E-state index is 12.4. The van der Waals surface area contributed by atoms with E-state index in [1.54, 1.807) is 11.8 Å². The summed E-state index contributed by atoms with van der Waals surface area (Å²) in [6.07, 6.45) is 0.785. The zero-order valence-corrected chi connectivity index (χ0v) is 12.9. The van der Waals surface area contributed by atoms with Gasteiger partial charge < -0.3 is 19.9 Å². The summed E-state index contributed by atoms with van der Waals surface area (Å²) < 4.78 is 9.79. The van der Waals surface area contributed by atoms with Crippen molar-refractivity contribution in [1.29, 1.82) is 0 Å². The van der Waals surface area contributed by atoms with Gasteiger partial charge in [0.2, 0.25) is 5.88 Å². The van der Waals surface area contributed by atoms with Crippen molar-refractivity contribution in [2.24, 2.45) is 0 Å². The lowest BCUT2D eigenvalue weighted by Crippen LogP contribution is -2.38. The normalized spacial score (nSPS) is 16.3. The first-order valence-corrected chi connectivity index (χ1v) is 7.28. The van der Waals surface area contributed by atoms with Gasteiger partial charge in [0.15, 0.2) is 6.61 Å². The average molecular weight is 315 g/mol. The van der Waals surface area contributed by atoms with E-state index in [1.807, 2.05) is 31.2 Å². The lowest BCUT2D eigenvalue weighted by molar-refractivity contribution is -0.122. The number of nitrogens with zero attached hydrogens (tertiary/aromatic N) is 2. The number of para-hydroxylation sites is 1. The van der Waals surface area contributed by atoms with Crippen molar-refractivity contribution in [2.75, 3.05) is 17.2 Å². The average Bonchev–Trinajstić information content (AvgIpc) is 3.03. The van der Waals surface area contributed by atoms with Crippen molar-refractivity contribution in [1.82, 2.24) is 5.16 Å². The molecule has 3 rings (SSSR count). The highest BCUT2D eigenvalue weighted by atomic mass is 16.5. The Kier molecular flexibility index (Phi) is 3.77. The predicted octanol–water partition coefficient (Wildman–Crippen LogP) is 1.70. The third-order valence-corrected chi connectivity index (χ3v) is 3.90. The van der Waals surface area contributed by atoms with Crippen LogP contribution in [-0.2, 0) is 16.0 Å². The van der Waals surface area contributed by atoms with E-state index in [0.29, 0.717) is 5.69 Å². The number of aromatic nitrogens is 1. The molecule has 0 spiro atoms. The van der Waals surface area contributed by atoms with Crippen molar-refractivity contribution < 1.29 is 18.8 Å². The lowest BCUT2D eigenvalue weighted by Gasteiger charge is -2.22. The summed E-state index contributed by atoms with van der Waals surface area (Å²) in [5.41, 5.74) is 7.90. The number of aryl methyl sites for hydroxylation is 1. The molecule has 7 heteroatoms. The number of hydrogen-bond donors (Lipinski definition) is 1. The van der Waals surface area contributed by atoms with Crippen LogP contribution >= 0.6 is 0 Å². The van der Waals surface area contributed by atoms with Gasteiger partial charge in [-0.15, -0.1) is 0 Å². The topological polar surface area (TPSA) is 98.7 Å². The zero-order chi connectivity index (χ0) is 16.6. The van der Waals surface area contributed by atoms with Crippen molar-refractivity contribution in [2.45, 2.75) is 26.3 Å². The van der Waals surface area contributed by atoms with E-state index in [4.69, 9.17) is 15.0 Å². The van der Waals surface area contributed by atoms with E-state index < -0.39 is 5.97 Å². The minimum atomic E-state index is -0.713. The molecule has 0 radical (unpaired) electrons. The van der Waals surface area contributed by atoms with E-state index in [2.05, 4.69) is 5.16 Å². The van der Waals surface area contributed by atoms with Gasteiger partial charge in [0.1, 0.15) is 5.56 Å². The minimum Gasteiger partial charge on any atom is -0.452 e. The summed E-state index contributed by atoms with van der Waals surface area (Å²) >= 11 is 0. The van der Waals surface area contributed by atoms with Gasteiger partial charge >= 0.3 is 5.97 Å². The van der Waals surface area contributed by atoms with Gasteiger partial charge in [0, 0.05) is 11.7 Å². The molecular weight excluding hydrogens is 298 g/mol. The van der Waals surface area contributed by atoms with Crippen LogP contribution in [0.1, 0.15) is 28.5 Å². The first-order chi connectivity index (χ1) is 11.0. The van der Waals surface area contributed by atoms with Crippen LogP contribution in [0.25, 0.3) is 0 Å². The van der Waals surface area contributed by atoms with Crippen LogP contribution in [0.2, 0.25) is 0 Å². The van der Waals surface area contributed by atoms with Crippen LogP contribution in [0.15, 0.2) is 28.8 Å². The predicted molar refractivity (Wildman–Crippen MR) is 83.0 cm³/mol. The maximum absolute atomic E-state index is 12.4. The number of benzene rings is 1. The van der Waals surface area contributed by atoms with Gasteiger partial charge in [-0.1, -0.05) is 23.4 Å². The smallest absolute Gasteiger partial charge is 0.346 e. The van der Waals surface area contributed by atoms with Crippen LogP contribution in [-0.4, -0.2) is 29.7 Å². The number of anilines is 2. The van der Waals surface area contributed by atoms with E-state index in [1.165, 1.54) is 0 Å². The monoisotopic (exact) mass is 315 g/mol. The Morgan fingerprint density at radius 2 is 2.17 bits per heavy atom. The summed E-state index contributed by atoms with van der Waals surface area (Å²) in [4.78, 5) is 26.1. The van der Waals surface area contributed by atoms with Gasteiger partial charge in [0.25, 0.3) is 5.91 Å². The highest BCUT2D eigenvalue weighted by Crippen LogP contribution is 2.31. The molecule has 0 saturated carbocycles. The van der Waals surface area contributed by atoms with Crippen LogP contribution in [0, 0.1) is 6.92 Å². The molecule has 0 aliphatic carbocycles. The van der Waals surface area contributed by atoms with Gasteiger partial charge in [0.05, 0.1) is 5.69 Å². The summed E-state index contributed by atoms with van der Waals surface area (Å²) in [5.74, 6) is -1.10. The van der Waals surface area contributed by atoms with Crippen molar-refractivity contribution >= 4 is 23.4 Å². The molecule has 2 N–H and O–H groups in total. The van der Waals surface area contributed by atoms with Crippen LogP contribution < -0.4 is 10.6 Å². The number of carbonyl (C=O) groups excluding carboxylic acids is 2. The summed E-state index contributed by atoms with van der Waals surface area (Å²) in [5, 5.41) is 3.59. The highest BCUT2D eigenvalue weighted by molar-refractivity contribution is 6.00. The molecule has 1 aliphatic rings. The number of nitrogens with two attached hydrogens (primary N) is 1. The van der Waals surface area contributed by atoms with Crippen molar-refractivity contribution in [3.63, 3.8) is 0 Å². The van der Waals surface area contributed by atoms with E-state index in [-0.39, 0.29) is 30.0 Å². The molecule has 120 valence electrons. The minimum absolute atomic E-state index is 0.0287. The second-order valence-corrected chi connectivity index (χ2v) is 5.53. The van der Waals surface area contributed by atoms with Gasteiger partial charge in [-0.2, -0.15) is 0 Å². The van der Waals surface area contributed by atoms with Gasteiger partial charge in [-0.25, -0.2) is 4.79 Å². The summed E-state index contributed by atoms with van der Waals surface area (Å²) in [6, 6.07) is 7.73. The first-order valence-electron chi connectivity index (χ1n) is 7.28. The SMILES string of the molecule is Cc1noc(N)c1C(=O)OCC(=O)N1c2ccccc2C[C@@H]1C. The fourth-order valence-corrected chi connectivity index (χ4v) is 2.85. The summed E-state index contributed by atoms with van der Waals surface area (Å²) in [7, 11) is 0. The molecule has 1 amide bonds. The zero-order valence-electron chi connectivity index (χ0n) is 12.9. The summed E-state index contributed by atoms with van der Waals surface area (Å²) in [6.45, 7) is 3.18. The van der Waals surface area contributed by atoms with Gasteiger partial charge in [-0.3, -0.25) is 4.79 Å². The largest absolute Gasteiger partial charge is 0.452 e. The molecule has 0 saturated heterocycles. The quantitative estimate of drug-likeness (QED) is 0.866. The second kappa shape index (κ2) is 5.75. The third kappa shape index (κ3) is 2.65. The molecule has 1 aliphatic heterocycles. The van der Waals surface area contributed by atoms with E-state index in [9.17, 15) is 9.59 Å². The molecule has 7 nitrogen and oxygen atoms in total. The third-order valence-electron chi connectivity index (χ3n) is 3.90. The molecule has 0 bridgehead atoms. The molecular formula is C16H17N3O4. The Morgan fingerprint density at radius 3 is 2.87 bits per heavy atom. The fourth-order valence-electron chi connectivity index (χ4n) is 2.85. The number of rotatable bonds is 3. The lowest BCUT2D eigenvalue weighted by atomic mass is 10.1. The Labute approximate surface area is 133 Å².